The monoisotopic (exact) mass is 354 g/mol. The van der Waals surface area contributed by atoms with Gasteiger partial charge in [-0.25, -0.2) is 9.18 Å². The summed E-state index contributed by atoms with van der Waals surface area (Å²) in [7, 11) is 0. The van der Waals surface area contributed by atoms with E-state index in [1.54, 1.807) is 54.8 Å². The molecule has 0 unspecified atom stereocenters. The first-order valence-corrected chi connectivity index (χ1v) is 8.18. The summed E-state index contributed by atoms with van der Waals surface area (Å²) in [6, 6.07) is 16.0. The number of phenolic OH excluding ortho intramolecular Hbond substituents is 1. The second-order valence-corrected chi connectivity index (χ2v) is 5.85. The largest absolute Gasteiger partial charge is 0.508 e. The highest BCUT2D eigenvalue weighted by Gasteiger charge is 2.17. The topological polar surface area (TPSA) is 65.7 Å². The lowest BCUT2D eigenvalue weighted by Gasteiger charge is -2.23. The number of carbonyl (C=O) groups excluding carboxylic acids is 1. The number of hydrogen-bond acceptors (Lipinski definition) is 3. The van der Waals surface area contributed by atoms with Crippen molar-refractivity contribution in [1.82, 2.24) is 10.2 Å². The van der Waals surface area contributed by atoms with Crippen molar-refractivity contribution in [3.8, 4) is 5.75 Å². The Bertz CT molecular complexity index is 848. The van der Waals surface area contributed by atoms with Gasteiger partial charge in [-0.15, -0.1) is 0 Å². The maximum atomic E-state index is 13.0. The minimum absolute atomic E-state index is 0.128. The molecule has 0 bridgehead atoms. The highest BCUT2D eigenvalue weighted by Crippen LogP contribution is 2.19. The second kappa shape index (κ2) is 8.20. The molecule has 0 atom stereocenters. The van der Waals surface area contributed by atoms with E-state index in [2.05, 4.69) is 5.32 Å². The number of aromatic hydroxyl groups is 1. The predicted octanol–water partition coefficient (Wildman–Crippen LogP) is 4.04. The fraction of sp³-hybridized carbons (Fsp3) is 0.150. The summed E-state index contributed by atoms with van der Waals surface area (Å²) < 4.78 is 18.3. The lowest BCUT2D eigenvalue weighted by Crippen LogP contribution is -2.38. The average molecular weight is 354 g/mol. The number of urea groups is 1. The van der Waals surface area contributed by atoms with E-state index >= 15 is 0 Å². The third kappa shape index (κ3) is 4.63. The number of furan rings is 1. The number of carbonyl (C=O) groups is 1. The summed E-state index contributed by atoms with van der Waals surface area (Å²) in [6.45, 7) is 0.758. The number of rotatable bonds is 6. The molecule has 5 nitrogen and oxygen atoms in total. The van der Waals surface area contributed by atoms with Gasteiger partial charge in [-0.3, -0.25) is 0 Å². The molecule has 2 aromatic carbocycles. The van der Waals surface area contributed by atoms with Crippen LogP contribution in [0.3, 0.4) is 0 Å². The Morgan fingerprint density at radius 2 is 1.81 bits per heavy atom. The summed E-state index contributed by atoms with van der Waals surface area (Å²) in [5, 5.41) is 12.8. The molecule has 1 heterocycles. The highest BCUT2D eigenvalue weighted by atomic mass is 19.1. The van der Waals surface area contributed by atoms with E-state index in [-0.39, 0.29) is 37.2 Å². The summed E-state index contributed by atoms with van der Waals surface area (Å²) in [4.78, 5) is 14.2. The highest BCUT2D eigenvalue weighted by molar-refractivity contribution is 5.74. The zero-order valence-corrected chi connectivity index (χ0v) is 14.1. The van der Waals surface area contributed by atoms with Gasteiger partial charge in [-0.2, -0.15) is 0 Å². The first kappa shape index (κ1) is 17.5. The predicted molar refractivity (Wildman–Crippen MR) is 94.7 cm³/mol. The van der Waals surface area contributed by atoms with Gasteiger partial charge in [0.05, 0.1) is 19.4 Å². The molecular formula is C20H19FN2O3. The summed E-state index contributed by atoms with van der Waals surface area (Å²) in [5.74, 6) is 0.444. The number of nitrogens with one attached hydrogen (secondary N) is 1. The summed E-state index contributed by atoms with van der Waals surface area (Å²) in [6.07, 6.45) is 1.55. The van der Waals surface area contributed by atoms with Gasteiger partial charge >= 0.3 is 6.03 Å². The quantitative estimate of drug-likeness (QED) is 0.702. The van der Waals surface area contributed by atoms with Crippen LogP contribution in [0.2, 0.25) is 0 Å². The van der Waals surface area contributed by atoms with E-state index in [9.17, 15) is 14.3 Å². The minimum Gasteiger partial charge on any atom is -0.508 e. The standard InChI is InChI=1S/C20H19FN2O3/c21-17-9-7-15(8-10-17)12-22-20(25)23(14-18-5-3-11-26-18)13-16-4-1-2-6-19(16)24/h1-11,24H,12-14H2,(H,22,25). The SMILES string of the molecule is O=C(NCc1ccc(F)cc1)N(Cc1ccco1)Cc1ccccc1O. The smallest absolute Gasteiger partial charge is 0.318 e. The number of nitrogens with zero attached hydrogens (tertiary/aromatic N) is 1. The van der Waals surface area contributed by atoms with Crippen molar-refractivity contribution >= 4 is 6.03 Å². The van der Waals surface area contributed by atoms with Crippen LogP contribution in [-0.4, -0.2) is 16.0 Å². The summed E-state index contributed by atoms with van der Waals surface area (Å²) >= 11 is 0. The second-order valence-electron chi connectivity index (χ2n) is 5.85. The van der Waals surface area contributed by atoms with Gasteiger partial charge in [0, 0.05) is 12.1 Å². The molecule has 2 N–H and O–H groups in total. The van der Waals surface area contributed by atoms with Gasteiger partial charge in [0.25, 0.3) is 0 Å². The molecule has 3 rings (SSSR count). The molecule has 0 aliphatic carbocycles. The Labute approximate surface area is 150 Å². The Hall–Kier alpha value is -3.28. The van der Waals surface area contributed by atoms with Crippen molar-refractivity contribution in [2.75, 3.05) is 0 Å². The van der Waals surface area contributed by atoms with Crippen molar-refractivity contribution in [3.05, 3.63) is 89.6 Å². The molecule has 6 heteroatoms. The number of phenols is 1. The first-order valence-electron chi connectivity index (χ1n) is 8.18. The maximum Gasteiger partial charge on any atom is 0.318 e. The lowest BCUT2D eigenvalue weighted by molar-refractivity contribution is 0.186. The van der Waals surface area contributed by atoms with Crippen molar-refractivity contribution in [3.63, 3.8) is 0 Å². The molecule has 0 spiro atoms. The number of benzene rings is 2. The fourth-order valence-corrected chi connectivity index (χ4v) is 2.53. The van der Waals surface area contributed by atoms with Gasteiger partial charge < -0.3 is 19.7 Å². The molecule has 0 radical (unpaired) electrons. The zero-order valence-electron chi connectivity index (χ0n) is 14.1. The van der Waals surface area contributed by atoms with Gasteiger partial charge in [-0.1, -0.05) is 30.3 Å². The molecule has 0 aliphatic rings. The Morgan fingerprint density at radius 3 is 2.50 bits per heavy atom. The minimum atomic E-state index is -0.320. The molecule has 0 aliphatic heterocycles. The van der Waals surface area contributed by atoms with Crippen molar-refractivity contribution in [1.29, 1.82) is 0 Å². The fourth-order valence-electron chi connectivity index (χ4n) is 2.53. The first-order chi connectivity index (χ1) is 12.6. The van der Waals surface area contributed by atoms with Crippen molar-refractivity contribution in [2.45, 2.75) is 19.6 Å². The number of hydrogen-bond donors (Lipinski definition) is 2. The Kier molecular flexibility index (Phi) is 5.53. The van der Waals surface area contributed by atoms with Gasteiger partial charge in [0.2, 0.25) is 0 Å². The van der Waals surface area contributed by atoms with Crippen molar-refractivity contribution < 1.29 is 18.7 Å². The van der Waals surface area contributed by atoms with Gasteiger partial charge in [-0.05, 0) is 35.9 Å². The van der Waals surface area contributed by atoms with Crippen LogP contribution in [0.5, 0.6) is 5.75 Å². The Morgan fingerprint density at radius 1 is 1.04 bits per heavy atom. The molecular weight excluding hydrogens is 335 g/mol. The normalized spacial score (nSPS) is 10.5. The van der Waals surface area contributed by atoms with Gasteiger partial charge in [0.15, 0.2) is 0 Å². The van der Waals surface area contributed by atoms with Crippen LogP contribution in [0.15, 0.2) is 71.3 Å². The van der Waals surface area contributed by atoms with E-state index in [4.69, 9.17) is 4.42 Å². The van der Waals surface area contributed by atoms with E-state index < -0.39 is 0 Å². The lowest BCUT2D eigenvalue weighted by atomic mass is 10.2. The molecule has 0 saturated heterocycles. The van der Waals surface area contributed by atoms with E-state index in [0.717, 1.165) is 5.56 Å². The molecule has 0 saturated carbocycles. The van der Waals surface area contributed by atoms with Crippen LogP contribution in [0.4, 0.5) is 9.18 Å². The maximum absolute atomic E-state index is 13.0. The molecule has 3 aromatic rings. The zero-order chi connectivity index (χ0) is 18.4. The Balaban J connectivity index is 1.70. The summed E-state index contributed by atoms with van der Waals surface area (Å²) in [5.41, 5.74) is 1.43. The number of halogens is 1. The number of para-hydroxylation sites is 1. The molecule has 2 amide bonds. The van der Waals surface area contributed by atoms with Crippen LogP contribution >= 0.6 is 0 Å². The molecule has 0 fully saturated rings. The average Bonchev–Trinajstić information content (AvgIpc) is 3.15. The van der Waals surface area contributed by atoms with E-state index in [0.29, 0.717) is 11.3 Å². The van der Waals surface area contributed by atoms with Crippen LogP contribution < -0.4 is 5.32 Å². The van der Waals surface area contributed by atoms with Crippen LogP contribution in [0, 0.1) is 5.82 Å². The van der Waals surface area contributed by atoms with E-state index in [1.165, 1.54) is 17.0 Å². The number of amides is 2. The molecule has 134 valence electrons. The third-order valence-corrected chi connectivity index (χ3v) is 3.92. The molecule has 1 aromatic heterocycles. The van der Waals surface area contributed by atoms with Crippen molar-refractivity contribution in [2.24, 2.45) is 0 Å². The van der Waals surface area contributed by atoms with Crippen LogP contribution in [0.1, 0.15) is 16.9 Å². The molecule has 26 heavy (non-hydrogen) atoms. The third-order valence-electron chi connectivity index (χ3n) is 3.92. The van der Waals surface area contributed by atoms with E-state index in [1.807, 2.05) is 0 Å². The van der Waals surface area contributed by atoms with Gasteiger partial charge in [0.1, 0.15) is 17.3 Å². The van der Waals surface area contributed by atoms with Crippen LogP contribution in [0.25, 0.3) is 0 Å². The van der Waals surface area contributed by atoms with Crippen LogP contribution in [-0.2, 0) is 19.6 Å².